The molecule has 2 unspecified atom stereocenters. The highest BCUT2D eigenvalue weighted by Crippen LogP contribution is 2.17. The Balaban J connectivity index is 0.000000204. The number of carbonyl (C=O) groups excluding carboxylic acids is 1. The summed E-state index contributed by atoms with van der Waals surface area (Å²) in [6.07, 6.45) is 11.8. The molecule has 2 aliphatic heterocycles. The van der Waals surface area contributed by atoms with Crippen molar-refractivity contribution < 1.29 is 19.0 Å². The fraction of sp³-hybridized carbons (Fsp3) is 0.688. The third-order valence-electron chi connectivity index (χ3n) is 3.07. The molecule has 2 heterocycles. The normalized spacial score (nSPS) is 22.2. The molecule has 2 aliphatic rings. The summed E-state index contributed by atoms with van der Waals surface area (Å²) in [7, 11) is 0. The van der Waals surface area contributed by atoms with Crippen LogP contribution in [0.15, 0.2) is 25.3 Å². The van der Waals surface area contributed by atoms with Crippen molar-refractivity contribution in [1.82, 2.24) is 0 Å². The minimum Gasteiger partial charge on any atom is -0.460 e. The molecule has 4 nitrogen and oxygen atoms in total. The van der Waals surface area contributed by atoms with E-state index in [4.69, 9.17) is 9.47 Å². The van der Waals surface area contributed by atoms with Gasteiger partial charge in [0, 0.05) is 6.08 Å². The van der Waals surface area contributed by atoms with E-state index in [1.807, 2.05) is 6.08 Å². The molecule has 0 aromatic rings. The number of rotatable bonds is 10. The maximum absolute atomic E-state index is 10.3. The van der Waals surface area contributed by atoms with Gasteiger partial charge in [0.1, 0.15) is 12.7 Å². The molecule has 0 amide bonds. The number of carbonyl (C=O) groups is 1. The highest BCUT2D eigenvalue weighted by Gasteiger charge is 2.23. The van der Waals surface area contributed by atoms with Gasteiger partial charge in [0.15, 0.2) is 0 Å². The molecule has 2 rings (SSSR count). The summed E-state index contributed by atoms with van der Waals surface area (Å²) in [5, 5.41) is 0. The van der Waals surface area contributed by atoms with Gasteiger partial charge < -0.3 is 14.2 Å². The third kappa shape index (κ3) is 10.8. The topological polar surface area (TPSA) is 51.4 Å². The Hall–Kier alpha value is -1.13. The van der Waals surface area contributed by atoms with Gasteiger partial charge >= 0.3 is 5.97 Å². The van der Waals surface area contributed by atoms with Crippen molar-refractivity contribution in [2.75, 3.05) is 19.8 Å². The Labute approximate surface area is 121 Å². The van der Waals surface area contributed by atoms with Crippen molar-refractivity contribution in [2.45, 2.75) is 50.7 Å². The van der Waals surface area contributed by atoms with Crippen LogP contribution in [0.2, 0.25) is 0 Å². The van der Waals surface area contributed by atoms with Crippen LogP contribution in [0, 0.1) is 0 Å². The molecular weight excluding hydrogens is 256 g/mol. The maximum Gasteiger partial charge on any atom is 0.330 e. The first-order chi connectivity index (χ1) is 9.76. The lowest BCUT2D eigenvalue weighted by atomic mass is 10.1. The summed E-state index contributed by atoms with van der Waals surface area (Å²) in [4.78, 5) is 10.3. The summed E-state index contributed by atoms with van der Waals surface area (Å²) >= 11 is 0. The van der Waals surface area contributed by atoms with Gasteiger partial charge in [-0.25, -0.2) is 4.79 Å². The van der Waals surface area contributed by atoms with Crippen LogP contribution in [-0.2, 0) is 19.0 Å². The molecule has 114 valence electrons. The lowest BCUT2D eigenvalue weighted by Gasteiger charge is -1.96. The van der Waals surface area contributed by atoms with Crippen molar-refractivity contribution in [1.29, 1.82) is 0 Å². The number of hydrogen-bond acceptors (Lipinski definition) is 4. The molecule has 0 bridgehead atoms. The minimum absolute atomic E-state index is 0.147. The number of hydrogen-bond donors (Lipinski definition) is 0. The van der Waals surface area contributed by atoms with Gasteiger partial charge in [0.2, 0.25) is 0 Å². The van der Waals surface area contributed by atoms with Gasteiger partial charge in [-0.15, -0.1) is 6.58 Å². The predicted octanol–water partition coefficient (Wildman–Crippen LogP) is 3.03. The van der Waals surface area contributed by atoms with Crippen molar-refractivity contribution in [3.63, 3.8) is 0 Å². The summed E-state index contributed by atoms with van der Waals surface area (Å²) in [5.41, 5.74) is 0. The quantitative estimate of drug-likeness (QED) is 0.203. The first kappa shape index (κ1) is 16.9. The number of esters is 1. The first-order valence-electron chi connectivity index (χ1n) is 7.39. The second-order valence-electron chi connectivity index (χ2n) is 5.03. The lowest BCUT2D eigenvalue weighted by molar-refractivity contribution is -0.138. The van der Waals surface area contributed by atoms with Gasteiger partial charge in [-0.3, -0.25) is 0 Å². The second kappa shape index (κ2) is 10.6. The summed E-state index contributed by atoms with van der Waals surface area (Å²) < 4.78 is 14.5. The molecule has 0 aromatic heterocycles. The molecule has 0 spiro atoms. The van der Waals surface area contributed by atoms with E-state index >= 15 is 0 Å². The molecule has 2 atom stereocenters. The number of ether oxygens (including phenoxy) is 3. The van der Waals surface area contributed by atoms with E-state index in [0.29, 0.717) is 19.3 Å². The van der Waals surface area contributed by atoms with E-state index in [9.17, 15) is 4.79 Å². The van der Waals surface area contributed by atoms with Crippen LogP contribution in [-0.4, -0.2) is 38.0 Å². The van der Waals surface area contributed by atoms with Crippen LogP contribution in [0.3, 0.4) is 0 Å². The Bertz CT molecular complexity index is 293. The van der Waals surface area contributed by atoms with E-state index in [-0.39, 0.29) is 12.1 Å². The van der Waals surface area contributed by atoms with Crippen LogP contribution in [0.25, 0.3) is 0 Å². The van der Waals surface area contributed by atoms with Crippen LogP contribution >= 0.6 is 0 Å². The molecular formula is C16H26O4. The highest BCUT2D eigenvalue weighted by molar-refractivity contribution is 5.81. The van der Waals surface area contributed by atoms with E-state index in [1.54, 1.807) is 0 Å². The molecule has 4 heteroatoms. The van der Waals surface area contributed by atoms with Crippen molar-refractivity contribution >= 4 is 5.97 Å². The maximum atomic E-state index is 10.3. The van der Waals surface area contributed by atoms with E-state index < -0.39 is 0 Å². The zero-order valence-corrected chi connectivity index (χ0v) is 12.2. The monoisotopic (exact) mass is 282 g/mol. The Morgan fingerprint density at radius 3 is 2.30 bits per heavy atom. The molecule has 2 fully saturated rings. The van der Waals surface area contributed by atoms with Gasteiger partial charge in [0.25, 0.3) is 0 Å². The summed E-state index contributed by atoms with van der Waals surface area (Å²) in [6.45, 7) is 9.04. The smallest absolute Gasteiger partial charge is 0.330 e. The van der Waals surface area contributed by atoms with Crippen LogP contribution in [0.5, 0.6) is 0 Å². The largest absolute Gasteiger partial charge is 0.460 e. The number of allylic oxidation sites excluding steroid dienone is 1. The molecule has 0 radical (unpaired) electrons. The van der Waals surface area contributed by atoms with Crippen molar-refractivity contribution in [3.05, 3.63) is 25.3 Å². The molecule has 20 heavy (non-hydrogen) atoms. The van der Waals surface area contributed by atoms with Crippen molar-refractivity contribution in [3.8, 4) is 0 Å². The van der Waals surface area contributed by atoms with Gasteiger partial charge in [-0.2, -0.15) is 0 Å². The number of unbranched alkanes of at least 4 members (excludes halogenated alkanes) is 4. The fourth-order valence-electron chi connectivity index (χ4n) is 1.65. The van der Waals surface area contributed by atoms with Crippen LogP contribution in [0.4, 0.5) is 0 Å². The van der Waals surface area contributed by atoms with Gasteiger partial charge in [-0.1, -0.05) is 31.9 Å². The SMILES string of the molecule is C=CC(=O)OCC1CO1.C=CCCCCCCC1CO1. The standard InChI is InChI=1S/C10H18O.C6H8O3/c1-2-3-4-5-6-7-8-10-9-11-10;1-2-6(7)9-4-5-3-8-5/h2,10H,1,3-9H2;2,5H,1,3-4H2. The van der Waals surface area contributed by atoms with Gasteiger partial charge in [-0.05, 0) is 19.3 Å². The average molecular weight is 282 g/mol. The highest BCUT2D eigenvalue weighted by atomic mass is 16.6. The predicted molar refractivity (Wildman–Crippen MR) is 78.5 cm³/mol. The zero-order chi connectivity index (χ0) is 14.6. The summed E-state index contributed by atoms with van der Waals surface area (Å²) in [5.74, 6) is -0.384. The number of epoxide rings is 2. The lowest BCUT2D eigenvalue weighted by Crippen LogP contribution is -2.06. The molecule has 0 saturated carbocycles. The van der Waals surface area contributed by atoms with E-state index in [0.717, 1.165) is 12.7 Å². The van der Waals surface area contributed by atoms with Crippen molar-refractivity contribution in [2.24, 2.45) is 0 Å². The molecule has 2 saturated heterocycles. The Morgan fingerprint density at radius 2 is 1.75 bits per heavy atom. The van der Waals surface area contributed by atoms with Gasteiger partial charge in [0.05, 0.1) is 19.3 Å². The van der Waals surface area contributed by atoms with Crippen LogP contribution < -0.4 is 0 Å². The first-order valence-corrected chi connectivity index (χ1v) is 7.39. The fourth-order valence-corrected chi connectivity index (χ4v) is 1.65. The van der Waals surface area contributed by atoms with E-state index in [1.165, 1.54) is 38.5 Å². The second-order valence-corrected chi connectivity index (χ2v) is 5.03. The van der Waals surface area contributed by atoms with E-state index in [2.05, 4.69) is 17.9 Å². The zero-order valence-electron chi connectivity index (χ0n) is 12.2. The Kier molecular flexibility index (Phi) is 9.00. The van der Waals surface area contributed by atoms with Crippen LogP contribution in [0.1, 0.15) is 38.5 Å². The Morgan fingerprint density at radius 1 is 1.10 bits per heavy atom. The average Bonchev–Trinajstić information content (AvgIpc) is 3.35. The third-order valence-corrected chi connectivity index (χ3v) is 3.07. The molecule has 0 aliphatic carbocycles. The minimum atomic E-state index is -0.384. The summed E-state index contributed by atoms with van der Waals surface area (Å²) in [6, 6.07) is 0. The molecule has 0 N–H and O–H groups in total. The molecule has 0 aromatic carbocycles.